The zero-order valence-corrected chi connectivity index (χ0v) is 11.6. The number of aromatic nitrogens is 2. The second-order valence-corrected chi connectivity index (χ2v) is 4.80. The van der Waals surface area contributed by atoms with Gasteiger partial charge in [-0.15, -0.1) is 0 Å². The molecule has 0 aliphatic carbocycles. The minimum absolute atomic E-state index is 0.0454. The predicted octanol–water partition coefficient (Wildman–Crippen LogP) is 4.26. The third-order valence-corrected chi connectivity index (χ3v) is 3.08. The Morgan fingerprint density at radius 2 is 1.89 bits per heavy atom. The van der Waals surface area contributed by atoms with E-state index in [1.54, 1.807) is 0 Å². The van der Waals surface area contributed by atoms with Crippen LogP contribution in [0, 0.1) is 6.92 Å². The quantitative estimate of drug-likeness (QED) is 0.854. The van der Waals surface area contributed by atoms with Crippen LogP contribution in [0.15, 0.2) is 30.3 Å². The Labute approximate surface area is 116 Å². The van der Waals surface area contributed by atoms with Crippen LogP contribution in [0.4, 0.5) is 5.82 Å². The SMILES string of the molecule is Cc1cc(NC(C)c2ccccc2Cl)nc(Cl)n1. The van der Waals surface area contributed by atoms with E-state index in [1.807, 2.05) is 44.2 Å². The fourth-order valence-electron chi connectivity index (χ4n) is 1.73. The molecule has 2 aromatic rings. The molecule has 5 heteroatoms. The van der Waals surface area contributed by atoms with Gasteiger partial charge in [-0.3, -0.25) is 0 Å². The summed E-state index contributed by atoms with van der Waals surface area (Å²) in [5, 5.41) is 4.23. The minimum atomic E-state index is 0.0454. The highest BCUT2D eigenvalue weighted by atomic mass is 35.5. The van der Waals surface area contributed by atoms with Gasteiger partial charge in [-0.1, -0.05) is 29.8 Å². The fourth-order valence-corrected chi connectivity index (χ4v) is 2.26. The van der Waals surface area contributed by atoms with Gasteiger partial charge in [0.05, 0.1) is 6.04 Å². The molecule has 0 aliphatic heterocycles. The highest BCUT2D eigenvalue weighted by Crippen LogP contribution is 2.25. The number of halogens is 2. The maximum Gasteiger partial charge on any atom is 0.224 e. The summed E-state index contributed by atoms with van der Waals surface area (Å²) >= 11 is 12.0. The number of benzene rings is 1. The Morgan fingerprint density at radius 3 is 2.56 bits per heavy atom. The van der Waals surface area contributed by atoms with Gasteiger partial charge in [0.1, 0.15) is 5.82 Å². The van der Waals surface area contributed by atoms with E-state index in [0.29, 0.717) is 5.82 Å². The van der Waals surface area contributed by atoms with Crippen LogP contribution in [0.25, 0.3) is 0 Å². The molecule has 94 valence electrons. The molecule has 0 saturated heterocycles. The zero-order chi connectivity index (χ0) is 13.1. The fraction of sp³-hybridized carbons (Fsp3) is 0.231. The molecule has 1 N–H and O–H groups in total. The monoisotopic (exact) mass is 281 g/mol. The van der Waals surface area contributed by atoms with Crippen molar-refractivity contribution in [1.82, 2.24) is 9.97 Å². The standard InChI is InChI=1S/C13H13Cl2N3/c1-8-7-12(18-13(15)16-8)17-9(2)10-5-3-4-6-11(10)14/h3-7,9H,1-2H3,(H,16,17,18). The second-order valence-electron chi connectivity index (χ2n) is 4.05. The molecule has 18 heavy (non-hydrogen) atoms. The molecular formula is C13H13Cl2N3. The van der Waals surface area contributed by atoms with Crippen LogP contribution in [0.5, 0.6) is 0 Å². The van der Waals surface area contributed by atoms with Gasteiger partial charge in [0, 0.05) is 16.8 Å². The first-order valence-corrected chi connectivity index (χ1v) is 6.34. The van der Waals surface area contributed by atoms with Crippen LogP contribution in [-0.4, -0.2) is 9.97 Å². The van der Waals surface area contributed by atoms with E-state index in [0.717, 1.165) is 16.3 Å². The van der Waals surface area contributed by atoms with Crippen molar-refractivity contribution in [3.8, 4) is 0 Å². The van der Waals surface area contributed by atoms with Crippen LogP contribution < -0.4 is 5.32 Å². The van der Waals surface area contributed by atoms with Crippen molar-refractivity contribution in [3.63, 3.8) is 0 Å². The van der Waals surface area contributed by atoms with Crippen molar-refractivity contribution >= 4 is 29.0 Å². The second kappa shape index (κ2) is 5.55. The van der Waals surface area contributed by atoms with Gasteiger partial charge in [-0.25, -0.2) is 9.97 Å². The van der Waals surface area contributed by atoms with E-state index in [4.69, 9.17) is 23.2 Å². The van der Waals surface area contributed by atoms with E-state index in [-0.39, 0.29) is 11.3 Å². The zero-order valence-electron chi connectivity index (χ0n) is 10.1. The lowest BCUT2D eigenvalue weighted by Gasteiger charge is -2.16. The summed E-state index contributed by atoms with van der Waals surface area (Å²) in [4.78, 5) is 8.15. The molecule has 1 aromatic heterocycles. The summed E-state index contributed by atoms with van der Waals surface area (Å²) in [5.41, 5.74) is 1.84. The summed E-state index contributed by atoms with van der Waals surface area (Å²) in [6.45, 7) is 3.89. The number of aryl methyl sites for hydroxylation is 1. The van der Waals surface area contributed by atoms with Crippen LogP contribution in [0.3, 0.4) is 0 Å². The first-order chi connectivity index (χ1) is 8.56. The van der Waals surface area contributed by atoms with Crippen LogP contribution in [0.2, 0.25) is 10.3 Å². The van der Waals surface area contributed by atoms with Crippen LogP contribution in [0.1, 0.15) is 24.2 Å². The minimum Gasteiger partial charge on any atom is -0.363 e. The molecule has 0 saturated carbocycles. The summed E-state index contributed by atoms with van der Waals surface area (Å²) in [5.74, 6) is 0.694. The smallest absolute Gasteiger partial charge is 0.224 e. The number of nitrogens with zero attached hydrogens (tertiary/aromatic N) is 2. The lowest BCUT2D eigenvalue weighted by molar-refractivity contribution is 0.870. The molecule has 0 fully saturated rings. The molecule has 0 bridgehead atoms. The number of hydrogen-bond donors (Lipinski definition) is 1. The third-order valence-electron chi connectivity index (χ3n) is 2.56. The summed E-state index contributed by atoms with van der Waals surface area (Å²) in [6.07, 6.45) is 0. The molecule has 1 heterocycles. The topological polar surface area (TPSA) is 37.8 Å². The number of nitrogens with one attached hydrogen (secondary N) is 1. The molecule has 0 spiro atoms. The molecule has 0 radical (unpaired) electrons. The van der Waals surface area contributed by atoms with Crippen LogP contribution >= 0.6 is 23.2 Å². The number of hydrogen-bond acceptors (Lipinski definition) is 3. The van der Waals surface area contributed by atoms with E-state index < -0.39 is 0 Å². The van der Waals surface area contributed by atoms with Gasteiger partial charge in [0.2, 0.25) is 5.28 Å². The van der Waals surface area contributed by atoms with Gasteiger partial charge in [-0.2, -0.15) is 0 Å². The molecular weight excluding hydrogens is 269 g/mol. The van der Waals surface area contributed by atoms with Crippen molar-refractivity contribution in [3.05, 3.63) is 51.9 Å². The molecule has 1 aromatic carbocycles. The van der Waals surface area contributed by atoms with Gasteiger partial charge < -0.3 is 5.32 Å². The average Bonchev–Trinajstić information content (AvgIpc) is 2.27. The van der Waals surface area contributed by atoms with E-state index in [9.17, 15) is 0 Å². The Balaban J connectivity index is 2.21. The molecule has 0 aliphatic rings. The molecule has 1 atom stereocenters. The van der Waals surface area contributed by atoms with Crippen molar-refractivity contribution in [2.75, 3.05) is 5.32 Å². The van der Waals surface area contributed by atoms with Gasteiger partial charge >= 0.3 is 0 Å². The highest BCUT2D eigenvalue weighted by molar-refractivity contribution is 6.31. The first-order valence-electron chi connectivity index (χ1n) is 5.58. The Kier molecular flexibility index (Phi) is 4.04. The van der Waals surface area contributed by atoms with Crippen molar-refractivity contribution in [2.45, 2.75) is 19.9 Å². The number of rotatable bonds is 3. The first kappa shape index (κ1) is 13.1. The normalized spacial score (nSPS) is 12.2. The molecule has 3 nitrogen and oxygen atoms in total. The number of anilines is 1. The lowest BCUT2D eigenvalue weighted by Crippen LogP contribution is -2.09. The predicted molar refractivity (Wildman–Crippen MR) is 75.3 cm³/mol. The largest absolute Gasteiger partial charge is 0.363 e. The Bertz CT molecular complexity index is 537. The van der Waals surface area contributed by atoms with Crippen LogP contribution in [-0.2, 0) is 0 Å². The van der Waals surface area contributed by atoms with Gasteiger partial charge in [0.25, 0.3) is 0 Å². The van der Waals surface area contributed by atoms with E-state index >= 15 is 0 Å². The van der Waals surface area contributed by atoms with Gasteiger partial charge in [0.15, 0.2) is 0 Å². The average molecular weight is 282 g/mol. The Morgan fingerprint density at radius 1 is 1.17 bits per heavy atom. The van der Waals surface area contributed by atoms with E-state index in [2.05, 4.69) is 15.3 Å². The maximum absolute atomic E-state index is 6.15. The maximum atomic E-state index is 6.15. The van der Waals surface area contributed by atoms with Crippen molar-refractivity contribution in [1.29, 1.82) is 0 Å². The Hall–Kier alpha value is -1.32. The summed E-state index contributed by atoms with van der Waals surface area (Å²) in [7, 11) is 0. The molecule has 1 unspecified atom stereocenters. The van der Waals surface area contributed by atoms with Crippen molar-refractivity contribution in [2.24, 2.45) is 0 Å². The van der Waals surface area contributed by atoms with Crippen molar-refractivity contribution < 1.29 is 0 Å². The summed E-state index contributed by atoms with van der Waals surface area (Å²) < 4.78 is 0. The lowest BCUT2D eigenvalue weighted by atomic mass is 10.1. The third kappa shape index (κ3) is 3.12. The molecule has 2 rings (SSSR count). The highest BCUT2D eigenvalue weighted by Gasteiger charge is 2.10. The molecule has 0 amide bonds. The van der Waals surface area contributed by atoms with E-state index in [1.165, 1.54) is 0 Å². The van der Waals surface area contributed by atoms with Gasteiger partial charge in [-0.05, 0) is 37.1 Å². The summed E-state index contributed by atoms with van der Waals surface area (Å²) in [6, 6.07) is 9.60.